The van der Waals surface area contributed by atoms with Crippen molar-refractivity contribution in [3.05, 3.63) is 103 Å². The average Bonchev–Trinajstić information content (AvgIpc) is 2.89. The van der Waals surface area contributed by atoms with Crippen LogP contribution in [0.25, 0.3) is 0 Å². The quantitative estimate of drug-likeness (QED) is 0.362. The van der Waals surface area contributed by atoms with Crippen molar-refractivity contribution in [2.75, 3.05) is 17.1 Å². The highest BCUT2D eigenvalue weighted by Crippen LogP contribution is 2.27. The van der Waals surface area contributed by atoms with Crippen molar-refractivity contribution in [1.82, 2.24) is 9.97 Å². The Labute approximate surface area is 202 Å². The summed E-state index contributed by atoms with van der Waals surface area (Å²) in [7, 11) is -2.43. The summed E-state index contributed by atoms with van der Waals surface area (Å²) in [5.41, 5.74) is 1.48. The molecule has 0 spiro atoms. The summed E-state index contributed by atoms with van der Waals surface area (Å²) in [6.45, 7) is 0.281. The van der Waals surface area contributed by atoms with Crippen molar-refractivity contribution < 1.29 is 22.7 Å². The fraction of sp³-hybridized carbons (Fsp3) is 0.0800. The van der Waals surface area contributed by atoms with Gasteiger partial charge < -0.3 is 14.8 Å². The zero-order valence-corrected chi connectivity index (χ0v) is 19.5. The Balaban J connectivity index is 1.45. The topological polar surface area (TPSA) is 120 Å². The van der Waals surface area contributed by atoms with E-state index in [-0.39, 0.29) is 22.9 Å². The second kappa shape index (κ2) is 10.7. The second-order valence-electron chi connectivity index (χ2n) is 7.28. The number of nitrogens with one attached hydrogen (secondary N) is 2. The van der Waals surface area contributed by atoms with Crippen LogP contribution in [0.1, 0.15) is 15.9 Å². The molecule has 35 heavy (non-hydrogen) atoms. The monoisotopic (exact) mass is 490 g/mol. The molecule has 0 aliphatic carbocycles. The minimum Gasteiger partial charge on any atom is -0.495 e. The number of carbonyl (C=O) groups is 1. The summed E-state index contributed by atoms with van der Waals surface area (Å²) in [5.74, 6) is 0.586. The summed E-state index contributed by atoms with van der Waals surface area (Å²) in [4.78, 5) is 20.9. The maximum absolute atomic E-state index is 12.8. The lowest BCUT2D eigenvalue weighted by Crippen LogP contribution is -2.16. The van der Waals surface area contributed by atoms with Crippen molar-refractivity contribution in [3.8, 4) is 11.5 Å². The fourth-order valence-corrected chi connectivity index (χ4v) is 4.21. The minimum absolute atomic E-state index is 0.000773. The van der Waals surface area contributed by atoms with Crippen molar-refractivity contribution >= 4 is 27.4 Å². The Kier molecular flexibility index (Phi) is 7.22. The van der Waals surface area contributed by atoms with Gasteiger partial charge in [0.2, 0.25) is 0 Å². The van der Waals surface area contributed by atoms with Crippen molar-refractivity contribution in [1.29, 1.82) is 0 Å². The second-order valence-corrected chi connectivity index (χ2v) is 8.96. The predicted molar refractivity (Wildman–Crippen MR) is 131 cm³/mol. The number of nitrogens with zero attached hydrogens (tertiary/aromatic N) is 2. The number of ether oxygens (including phenoxy) is 2. The summed E-state index contributed by atoms with van der Waals surface area (Å²) < 4.78 is 39.0. The van der Waals surface area contributed by atoms with Gasteiger partial charge in [-0.05, 0) is 66.2 Å². The number of anilines is 2. The predicted octanol–water partition coefficient (Wildman–Crippen LogP) is 4.12. The molecule has 2 N–H and O–H groups in total. The lowest BCUT2D eigenvalue weighted by atomic mass is 10.2. The Morgan fingerprint density at radius 1 is 0.886 bits per heavy atom. The Hall–Kier alpha value is -4.44. The zero-order chi connectivity index (χ0) is 24.7. The van der Waals surface area contributed by atoms with E-state index in [0.717, 1.165) is 5.56 Å². The molecule has 2 aromatic heterocycles. The van der Waals surface area contributed by atoms with Gasteiger partial charge in [0.1, 0.15) is 12.4 Å². The SMILES string of the molecule is COc1ccccc1NS(=O)(=O)c1ccc(C(=O)Nc2ncccc2OCc2ccncc2)cc1. The van der Waals surface area contributed by atoms with Gasteiger partial charge in [0.25, 0.3) is 15.9 Å². The average molecular weight is 491 g/mol. The number of carbonyl (C=O) groups excluding carboxylic acids is 1. The maximum atomic E-state index is 12.8. The molecule has 0 unspecified atom stereocenters. The molecule has 0 bridgehead atoms. The van der Waals surface area contributed by atoms with Crippen LogP contribution in [0, 0.1) is 0 Å². The molecule has 1 amide bonds. The van der Waals surface area contributed by atoms with Crippen LogP contribution in [0.3, 0.4) is 0 Å². The highest BCUT2D eigenvalue weighted by molar-refractivity contribution is 7.92. The van der Waals surface area contributed by atoms with Crippen molar-refractivity contribution in [2.45, 2.75) is 11.5 Å². The molecular formula is C25H22N4O5S. The first-order chi connectivity index (χ1) is 17.0. The molecule has 9 nitrogen and oxygen atoms in total. The molecule has 178 valence electrons. The molecule has 0 saturated heterocycles. The zero-order valence-electron chi connectivity index (χ0n) is 18.7. The molecule has 2 aromatic carbocycles. The van der Waals surface area contributed by atoms with E-state index in [9.17, 15) is 13.2 Å². The first-order valence-electron chi connectivity index (χ1n) is 10.5. The summed E-state index contributed by atoms with van der Waals surface area (Å²) in [5, 5.41) is 2.71. The molecule has 0 atom stereocenters. The van der Waals surface area contributed by atoms with Crippen LogP contribution in [-0.2, 0) is 16.6 Å². The standard InChI is InChI=1S/C25H22N4O5S/c1-33-22-6-3-2-5-21(22)29-35(31,32)20-10-8-19(9-11-20)25(30)28-24-23(7-4-14-27-24)34-17-18-12-15-26-16-13-18/h2-16,29H,17H2,1H3,(H,27,28,30). The fourth-order valence-electron chi connectivity index (χ4n) is 3.14. The molecule has 4 aromatic rings. The van der Waals surface area contributed by atoms with Crippen LogP contribution in [-0.4, -0.2) is 31.4 Å². The van der Waals surface area contributed by atoms with Crippen LogP contribution >= 0.6 is 0 Å². The van der Waals surface area contributed by atoms with Gasteiger partial charge in [0, 0.05) is 24.2 Å². The van der Waals surface area contributed by atoms with E-state index in [1.165, 1.54) is 37.6 Å². The number of rotatable bonds is 9. The number of aromatic nitrogens is 2. The van der Waals surface area contributed by atoms with E-state index >= 15 is 0 Å². The van der Waals surface area contributed by atoms with Gasteiger partial charge in [-0.1, -0.05) is 12.1 Å². The molecule has 0 fully saturated rings. The molecule has 2 heterocycles. The third kappa shape index (κ3) is 5.92. The number of sulfonamides is 1. The van der Waals surface area contributed by atoms with Crippen LogP contribution < -0.4 is 19.5 Å². The van der Waals surface area contributed by atoms with E-state index in [1.54, 1.807) is 48.8 Å². The largest absolute Gasteiger partial charge is 0.495 e. The van der Waals surface area contributed by atoms with Gasteiger partial charge in [-0.3, -0.25) is 14.5 Å². The Bertz CT molecular complexity index is 1410. The lowest BCUT2D eigenvalue weighted by Gasteiger charge is -2.13. The number of para-hydroxylation sites is 2. The first kappa shape index (κ1) is 23.7. The Morgan fingerprint density at radius 2 is 1.60 bits per heavy atom. The smallest absolute Gasteiger partial charge is 0.262 e. The number of hydrogen-bond donors (Lipinski definition) is 2. The number of pyridine rings is 2. The normalized spacial score (nSPS) is 10.9. The van der Waals surface area contributed by atoms with E-state index in [1.807, 2.05) is 12.1 Å². The van der Waals surface area contributed by atoms with Gasteiger partial charge in [0.15, 0.2) is 11.6 Å². The molecule has 0 saturated carbocycles. The molecule has 0 aliphatic heterocycles. The van der Waals surface area contributed by atoms with E-state index in [2.05, 4.69) is 20.0 Å². The number of hydrogen-bond acceptors (Lipinski definition) is 7. The highest BCUT2D eigenvalue weighted by atomic mass is 32.2. The van der Waals surface area contributed by atoms with Crippen molar-refractivity contribution in [3.63, 3.8) is 0 Å². The molecule has 4 rings (SSSR count). The minimum atomic E-state index is -3.89. The van der Waals surface area contributed by atoms with Crippen LogP contribution in [0.4, 0.5) is 11.5 Å². The van der Waals surface area contributed by atoms with Gasteiger partial charge in [-0.15, -0.1) is 0 Å². The van der Waals surface area contributed by atoms with Gasteiger partial charge in [-0.2, -0.15) is 0 Å². The van der Waals surface area contributed by atoms with Gasteiger partial charge >= 0.3 is 0 Å². The Morgan fingerprint density at radius 3 is 2.34 bits per heavy atom. The van der Waals surface area contributed by atoms with E-state index in [4.69, 9.17) is 9.47 Å². The molecule has 10 heteroatoms. The third-order valence-corrected chi connectivity index (χ3v) is 6.31. The van der Waals surface area contributed by atoms with Gasteiger partial charge in [-0.25, -0.2) is 13.4 Å². The van der Waals surface area contributed by atoms with E-state index < -0.39 is 15.9 Å². The van der Waals surface area contributed by atoms with Crippen LogP contribution in [0.2, 0.25) is 0 Å². The van der Waals surface area contributed by atoms with E-state index in [0.29, 0.717) is 17.2 Å². The highest BCUT2D eigenvalue weighted by Gasteiger charge is 2.18. The first-order valence-corrected chi connectivity index (χ1v) is 12.0. The third-order valence-electron chi connectivity index (χ3n) is 4.92. The van der Waals surface area contributed by atoms with Gasteiger partial charge in [0.05, 0.1) is 17.7 Å². The summed E-state index contributed by atoms with van der Waals surface area (Å²) >= 11 is 0. The number of methoxy groups -OCH3 is 1. The maximum Gasteiger partial charge on any atom is 0.262 e. The van der Waals surface area contributed by atoms with Crippen LogP contribution in [0.15, 0.2) is 96.3 Å². The van der Waals surface area contributed by atoms with Crippen LogP contribution in [0.5, 0.6) is 11.5 Å². The summed E-state index contributed by atoms with van der Waals surface area (Å²) in [6, 6.07) is 19.3. The lowest BCUT2D eigenvalue weighted by molar-refractivity contribution is 0.102. The summed E-state index contributed by atoms with van der Waals surface area (Å²) in [6.07, 6.45) is 4.87. The molecule has 0 aliphatic rings. The molecule has 0 radical (unpaired) electrons. The van der Waals surface area contributed by atoms with Crippen molar-refractivity contribution in [2.24, 2.45) is 0 Å². The molecular weight excluding hydrogens is 468 g/mol. The number of benzene rings is 2. The number of amides is 1.